The Morgan fingerprint density at radius 1 is 1.06 bits per heavy atom. The van der Waals surface area contributed by atoms with E-state index in [-0.39, 0.29) is 0 Å². The van der Waals surface area contributed by atoms with E-state index in [4.69, 9.17) is 0 Å². The van der Waals surface area contributed by atoms with E-state index >= 15 is 0 Å². The minimum atomic E-state index is 1.05. The van der Waals surface area contributed by atoms with Crippen LogP contribution in [0.15, 0.2) is 48.0 Å². The molecule has 16 heavy (non-hydrogen) atoms. The molecule has 3 rings (SSSR count). The molecule has 2 aromatic heterocycles. The van der Waals surface area contributed by atoms with E-state index in [1.54, 1.807) is 11.3 Å². The number of thiophene rings is 1. The van der Waals surface area contributed by atoms with Gasteiger partial charge in [-0.05, 0) is 29.8 Å². The monoisotopic (exact) mass is 225 g/mol. The quantitative estimate of drug-likeness (QED) is 0.602. The number of pyridine rings is 1. The summed E-state index contributed by atoms with van der Waals surface area (Å²) in [5.74, 6) is 0. The molecule has 3 aromatic rings. The summed E-state index contributed by atoms with van der Waals surface area (Å²) in [4.78, 5) is 4.49. The van der Waals surface area contributed by atoms with Crippen molar-refractivity contribution in [3.63, 3.8) is 0 Å². The highest BCUT2D eigenvalue weighted by atomic mass is 32.1. The molecule has 0 spiro atoms. The lowest BCUT2D eigenvalue weighted by Crippen LogP contribution is -1.82. The molecule has 0 bridgehead atoms. The second-order valence-corrected chi connectivity index (χ2v) is 4.84. The van der Waals surface area contributed by atoms with Gasteiger partial charge < -0.3 is 0 Å². The van der Waals surface area contributed by atoms with Crippen molar-refractivity contribution < 1.29 is 0 Å². The van der Waals surface area contributed by atoms with E-state index in [0.29, 0.717) is 0 Å². The number of hydrogen-bond donors (Lipinski definition) is 0. The summed E-state index contributed by atoms with van der Waals surface area (Å²) in [7, 11) is 0. The smallest absolute Gasteiger partial charge is 0.0709 e. The molecule has 0 N–H and O–H groups in total. The highest BCUT2D eigenvalue weighted by molar-refractivity contribution is 7.17. The van der Waals surface area contributed by atoms with Gasteiger partial charge >= 0.3 is 0 Å². The molecule has 0 saturated carbocycles. The lowest BCUT2D eigenvalue weighted by Gasteiger charge is -2.01. The Labute approximate surface area is 98.4 Å². The van der Waals surface area contributed by atoms with Crippen LogP contribution < -0.4 is 0 Å². The first kappa shape index (κ1) is 9.55. The van der Waals surface area contributed by atoms with Crippen molar-refractivity contribution in [2.24, 2.45) is 0 Å². The standard InChI is InChI=1S/C14H11NS/c1-10-2-4-11(5-3-10)13-8-12-6-7-16-14(12)9-15-13/h2-9H,1H3. The molecular formula is C14H11NS. The van der Waals surface area contributed by atoms with Crippen LogP contribution in [0.3, 0.4) is 0 Å². The fraction of sp³-hybridized carbons (Fsp3) is 0.0714. The zero-order chi connectivity index (χ0) is 11.0. The molecule has 0 fully saturated rings. The first-order valence-corrected chi connectivity index (χ1v) is 6.11. The van der Waals surface area contributed by atoms with Crippen molar-refractivity contribution in [1.82, 2.24) is 4.98 Å². The Bertz CT molecular complexity index is 623. The molecule has 1 nitrogen and oxygen atoms in total. The minimum absolute atomic E-state index is 1.05. The van der Waals surface area contributed by atoms with Gasteiger partial charge in [0.05, 0.1) is 10.4 Å². The van der Waals surface area contributed by atoms with E-state index in [9.17, 15) is 0 Å². The average molecular weight is 225 g/mol. The number of aryl methyl sites for hydroxylation is 1. The zero-order valence-electron chi connectivity index (χ0n) is 8.97. The first-order valence-electron chi connectivity index (χ1n) is 5.23. The van der Waals surface area contributed by atoms with Crippen molar-refractivity contribution in [3.8, 4) is 11.3 Å². The fourth-order valence-corrected chi connectivity index (χ4v) is 2.49. The van der Waals surface area contributed by atoms with Gasteiger partial charge in [-0.3, -0.25) is 4.98 Å². The SMILES string of the molecule is Cc1ccc(-c2cc3ccsc3cn2)cc1. The van der Waals surface area contributed by atoms with Crippen molar-refractivity contribution in [2.75, 3.05) is 0 Å². The maximum absolute atomic E-state index is 4.49. The van der Waals surface area contributed by atoms with Gasteiger partial charge in [0.15, 0.2) is 0 Å². The molecule has 0 radical (unpaired) electrons. The summed E-state index contributed by atoms with van der Waals surface area (Å²) in [5.41, 5.74) is 3.50. The minimum Gasteiger partial charge on any atom is -0.255 e. The fourth-order valence-electron chi connectivity index (χ4n) is 1.75. The highest BCUT2D eigenvalue weighted by Gasteiger charge is 2.01. The van der Waals surface area contributed by atoms with Gasteiger partial charge in [-0.2, -0.15) is 0 Å². The van der Waals surface area contributed by atoms with E-state index in [2.05, 4.69) is 53.7 Å². The Morgan fingerprint density at radius 2 is 1.88 bits per heavy atom. The molecule has 0 aliphatic heterocycles. The summed E-state index contributed by atoms with van der Waals surface area (Å²) >= 11 is 1.73. The molecule has 1 aromatic carbocycles. The van der Waals surface area contributed by atoms with Gasteiger partial charge in [0.2, 0.25) is 0 Å². The summed E-state index contributed by atoms with van der Waals surface area (Å²) in [6.45, 7) is 2.10. The van der Waals surface area contributed by atoms with Gasteiger partial charge in [0.25, 0.3) is 0 Å². The van der Waals surface area contributed by atoms with Crippen LogP contribution in [0, 0.1) is 6.92 Å². The number of fused-ring (bicyclic) bond motifs is 1. The molecule has 2 heteroatoms. The van der Waals surface area contributed by atoms with Crippen LogP contribution in [0.4, 0.5) is 0 Å². The van der Waals surface area contributed by atoms with Crippen molar-refractivity contribution in [1.29, 1.82) is 0 Å². The van der Waals surface area contributed by atoms with Crippen LogP contribution in [0.5, 0.6) is 0 Å². The van der Waals surface area contributed by atoms with E-state index in [0.717, 1.165) is 5.69 Å². The Balaban J connectivity index is 2.14. The van der Waals surface area contributed by atoms with Crippen LogP contribution in [0.25, 0.3) is 21.3 Å². The Kier molecular flexibility index (Phi) is 2.22. The normalized spacial score (nSPS) is 10.8. The van der Waals surface area contributed by atoms with E-state index in [1.807, 2.05) is 6.20 Å². The molecule has 78 valence electrons. The predicted molar refractivity (Wildman–Crippen MR) is 69.8 cm³/mol. The van der Waals surface area contributed by atoms with E-state index < -0.39 is 0 Å². The molecule has 0 unspecified atom stereocenters. The first-order chi connectivity index (χ1) is 7.83. The van der Waals surface area contributed by atoms with Gasteiger partial charge in [0.1, 0.15) is 0 Å². The van der Waals surface area contributed by atoms with Crippen LogP contribution in [-0.2, 0) is 0 Å². The van der Waals surface area contributed by atoms with Gasteiger partial charge in [-0.15, -0.1) is 11.3 Å². The van der Waals surface area contributed by atoms with Gasteiger partial charge in [-0.1, -0.05) is 29.8 Å². The van der Waals surface area contributed by atoms with Gasteiger partial charge in [0, 0.05) is 11.8 Å². The number of hydrogen-bond acceptors (Lipinski definition) is 2. The Hall–Kier alpha value is -1.67. The van der Waals surface area contributed by atoms with Crippen molar-refractivity contribution in [2.45, 2.75) is 6.92 Å². The number of aromatic nitrogens is 1. The van der Waals surface area contributed by atoms with Crippen molar-refractivity contribution >= 4 is 21.4 Å². The predicted octanol–water partition coefficient (Wildman–Crippen LogP) is 4.27. The average Bonchev–Trinajstić information content (AvgIpc) is 2.77. The van der Waals surface area contributed by atoms with Crippen molar-refractivity contribution in [3.05, 3.63) is 53.5 Å². The van der Waals surface area contributed by atoms with Crippen LogP contribution in [0.2, 0.25) is 0 Å². The number of rotatable bonds is 1. The molecule has 0 aliphatic rings. The third kappa shape index (κ3) is 1.61. The topological polar surface area (TPSA) is 12.9 Å². The van der Waals surface area contributed by atoms with Crippen LogP contribution >= 0.6 is 11.3 Å². The second kappa shape index (κ2) is 3.72. The Morgan fingerprint density at radius 3 is 2.69 bits per heavy atom. The molecule has 0 amide bonds. The maximum atomic E-state index is 4.49. The third-order valence-electron chi connectivity index (χ3n) is 2.69. The zero-order valence-corrected chi connectivity index (χ0v) is 9.79. The van der Waals surface area contributed by atoms with Crippen LogP contribution in [0.1, 0.15) is 5.56 Å². The summed E-state index contributed by atoms with van der Waals surface area (Å²) < 4.78 is 1.25. The lowest BCUT2D eigenvalue weighted by molar-refractivity contribution is 1.36. The summed E-state index contributed by atoms with van der Waals surface area (Å²) in [6, 6.07) is 12.8. The molecule has 0 aliphatic carbocycles. The largest absolute Gasteiger partial charge is 0.255 e. The van der Waals surface area contributed by atoms with Gasteiger partial charge in [-0.25, -0.2) is 0 Å². The highest BCUT2D eigenvalue weighted by Crippen LogP contribution is 2.25. The second-order valence-electron chi connectivity index (χ2n) is 3.89. The lowest BCUT2D eigenvalue weighted by atomic mass is 10.1. The van der Waals surface area contributed by atoms with E-state index in [1.165, 1.54) is 21.2 Å². The molecular weight excluding hydrogens is 214 g/mol. The summed E-state index contributed by atoms with van der Waals surface area (Å²) in [6.07, 6.45) is 1.95. The third-order valence-corrected chi connectivity index (χ3v) is 3.55. The maximum Gasteiger partial charge on any atom is 0.0709 e. The summed E-state index contributed by atoms with van der Waals surface area (Å²) in [5, 5.41) is 3.38. The van der Waals surface area contributed by atoms with Crippen LogP contribution in [-0.4, -0.2) is 4.98 Å². The molecule has 0 saturated heterocycles. The molecule has 0 atom stereocenters. The molecule has 2 heterocycles. The number of nitrogens with zero attached hydrogens (tertiary/aromatic N) is 1. The number of benzene rings is 1.